The third-order valence-electron chi connectivity index (χ3n) is 3.68. The highest BCUT2D eigenvalue weighted by Gasteiger charge is 2.30. The molecule has 2 aromatic carbocycles. The minimum Gasteiger partial charge on any atom is -0.497 e. The van der Waals surface area contributed by atoms with Gasteiger partial charge >= 0.3 is 12.1 Å². The Morgan fingerprint density at radius 3 is 2.19 bits per heavy atom. The summed E-state index contributed by atoms with van der Waals surface area (Å²) >= 11 is 0. The first-order valence-electron chi connectivity index (χ1n) is 8.03. The van der Waals surface area contributed by atoms with Crippen LogP contribution in [-0.2, 0) is 22.1 Å². The third kappa shape index (κ3) is 6.32. The first-order valence-corrected chi connectivity index (χ1v) is 8.03. The average Bonchev–Trinajstić information content (AvgIpc) is 2.66. The summed E-state index contributed by atoms with van der Waals surface area (Å²) in [7, 11) is 1.57. The fraction of sp³-hybridized carbons (Fsp3) is 0.263. The Bertz CT molecular complexity index is 771. The van der Waals surface area contributed by atoms with Crippen molar-refractivity contribution in [1.29, 1.82) is 0 Å². The second-order valence-corrected chi connectivity index (χ2v) is 5.58. The lowest BCUT2D eigenvalue weighted by Gasteiger charge is -2.09. The molecule has 0 bridgehead atoms. The number of esters is 1. The molecule has 1 N–H and O–H groups in total. The van der Waals surface area contributed by atoms with Crippen molar-refractivity contribution < 1.29 is 32.2 Å². The van der Waals surface area contributed by atoms with Crippen LogP contribution in [0, 0.1) is 0 Å². The van der Waals surface area contributed by atoms with E-state index in [1.807, 2.05) is 12.1 Å². The fourth-order valence-corrected chi connectivity index (χ4v) is 2.19. The van der Waals surface area contributed by atoms with Crippen molar-refractivity contribution >= 4 is 11.9 Å². The average molecular weight is 381 g/mol. The molecule has 144 valence electrons. The van der Waals surface area contributed by atoms with Crippen molar-refractivity contribution in [2.45, 2.75) is 12.6 Å². The summed E-state index contributed by atoms with van der Waals surface area (Å²) in [4.78, 5) is 23.5. The molecule has 0 aliphatic carbocycles. The summed E-state index contributed by atoms with van der Waals surface area (Å²) < 4.78 is 47.5. The van der Waals surface area contributed by atoms with E-state index < -0.39 is 23.6 Å². The van der Waals surface area contributed by atoms with Crippen LogP contribution in [0.25, 0.3) is 0 Å². The molecule has 0 aromatic heterocycles. The van der Waals surface area contributed by atoms with Crippen LogP contribution < -0.4 is 10.1 Å². The number of carbonyl (C=O) groups excluding carboxylic acids is 2. The molecule has 1 amide bonds. The van der Waals surface area contributed by atoms with Gasteiger partial charge in [0.2, 0.25) is 0 Å². The molecule has 0 fully saturated rings. The number of benzene rings is 2. The Morgan fingerprint density at radius 2 is 1.63 bits per heavy atom. The molecule has 2 rings (SSSR count). The van der Waals surface area contributed by atoms with Crippen molar-refractivity contribution in [2.24, 2.45) is 0 Å². The predicted octanol–water partition coefficient (Wildman–Crippen LogP) is 3.23. The number of carbonyl (C=O) groups is 2. The SMILES string of the molecule is COc1ccc(CCOC(=O)CNC(=O)c2ccc(C(F)(F)F)cc2)cc1. The summed E-state index contributed by atoms with van der Waals surface area (Å²) in [6, 6.07) is 11.0. The zero-order valence-electron chi connectivity index (χ0n) is 14.5. The number of nitrogens with one attached hydrogen (secondary N) is 1. The molecule has 0 spiro atoms. The van der Waals surface area contributed by atoms with Crippen LogP contribution in [0.2, 0.25) is 0 Å². The van der Waals surface area contributed by atoms with E-state index in [0.29, 0.717) is 6.42 Å². The van der Waals surface area contributed by atoms with Crippen molar-refractivity contribution in [3.63, 3.8) is 0 Å². The molecule has 27 heavy (non-hydrogen) atoms. The zero-order chi connectivity index (χ0) is 19.9. The van der Waals surface area contributed by atoms with Crippen LogP contribution in [0.5, 0.6) is 5.75 Å². The normalized spacial score (nSPS) is 11.0. The quantitative estimate of drug-likeness (QED) is 0.748. The minimum atomic E-state index is -4.47. The number of hydrogen-bond donors (Lipinski definition) is 1. The van der Waals surface area contributed by atoms with E-state index in [2.05, 4.69) is 5.32 Å². The molecule has 5 nitrogen and oxygen atoms in total. The van der Waals surface area contributed by atoms with Crippen molar-refractivity contribution in [1.82, 2.24) is 5.32 Å². The van der Waals surface area contributed by atoms with E-state index in [4.69, 9.17) is 9.47 Å². The van der Waals surface area contributed by atoms with Gasteiger partial charge in [0.25, 0.3) is 5.91 Å². The second kappa shape index (κ2) is 9.07. The van der Waals surface area contributed by atoms with Crippen LogP contribution in [0.1, 0.15) is 21.5 Å². The summed E-state index contributed by atoms with van der Waals surface area (Å²) in [6.45, 7) is -0.232. The maximum Gasteiger partial charge on any atom is 0.416 e. The van der Waals surface area contributed by atoms with Gasteiger partial charge in [0.1, 0.15) is 12.3 Å². The van der Waals surface area contributed by atoms with Crippen LogP contribution >= 0.6 is 0 Å². The van der Waals surface area contributed by atoms with E-state index in [-0.39, 0.29) is 18.7 Å². The molecule has 2 aromatic rings. The van der Waals surface area contributed by atoms with Gasteiger partial charge in [0, 0.05) is 12.0 Å². The van der Waals surface area contributed by atoms with Gasteiger partial charge in [0.05, 0.1) is 19.3 Å². The topological polar surface area (TPSA) is 64.6 Å². The highest BCUT2D eigenvalue weighted by atomic mass is 19.4. The maximum absolute atomic E-state index is 12.5. The van der Waals surface area contributed by atoms with Gasteiger partial charge in [-0.3, -0.25) is 9.59 Å². The van der Waals surface area contributed by atoms with Crippen LogP contribution in [0.4, 0.5) is 13.2 Å². The van der Waals surface area contributed by atoms with Gasteiger partial charge < -0.3 is 14.8 Å². The Balaban J connectivity index is 1.73. The number of ether oxygens (including phenoxy) is 2. The van der Waals surface area contributed by atoms with Crippen LogP contribution in [-0.4, -0.2) is 32.1 Å². The lowest BCUT2D eigenvalue weighted by atomic mass is 10.1. The Kier molecular flexibility index (Phi) is 6.81. The van der Waals surface area contributed by atoms with Crippen LogP contribution in [0.15, 0.2) is 48.5 Å². The summed E-state index contributed by atoms with van der Waals surface area (Å²) in [6.07, 6.45) is -3.97. The summed E-state index contributed by atoms with van der Waals surface area (Å²) in [5.74, 6) is -0.568. The molecule has 8 heteroatoms. The van der Waals surface area contributed by atoms with E-state index in [0.717, 1.165) is 35.6 Å². The van der Waals surface area contributed by atoms with Gasteiger partial charge in [-0.2, -0.15) is 13.2 Å². The lowest BCUT2D eigenvalue weighted by Crippen LogP contribution is -2.31. The Hall–Kier alpha value is -3.03. The second-order valence-electron chi connectivity index (χ2n) is 5.58. The molecule has 0 saturated carbocycles. The largest absolute Gasteiger partial charge is 0.497 e. The number of hydrogen-bond acceptors (Lipinski definition) is 4. The maximum atomic E-state index is 12.5. The first-order chi connectivity index (χ1) is 12.8. The third-order valence-corrected chi connectivity index (χ3v) is 3.68. The van der Waals surface area contributed by atoms with Gasteiger partial charge in [-0.05, 0) is 42.0 Å². The van der Waals surface area contributed by atoms with Crippen molar-refractivity contribution in [3.05, 3.63) is 65.2 Å². The van der Waals surface area contributed by atoms with E-state index >= 15 is 0 Å². The minimum absolute atomic E-state index is 0.0223. The molecule has 0 aliphatic heterocycles. The number of amides is 1. The van der Waals surface area contributed by atoms with Crippen molar-refractivity contribution in [3.8, 4) is 5.75 Å². The van der Waals surface area contributed by atoms with Crippen LogP contribution in [0.3, 0.4) is 0 Å². The zero-order valence-corrected chi connectivity index (χ0v) is 14.5. The smallest absolute Gasteiger partial charge is 0.416 e. The van der Waals surface area contributed by atoms with Gasteiger partial charge in [-0.15, -0.1) is 0 Å². The molecule has 0 aliphatic rings. The highest BCUT2D eigenvalue weighted by Crippen LogP contribution is 2.29. The number of rotatable bonds is 7. The van der Waals surface area contributed by atoms with E-state index in [1.54, 1.807) is 19.2 Å². The van der Waals surface area contributed by atoms with E-state index in [1.165, 1.54) is 0 Å². The fourth-order valence-electron chi connectivity index (χ4n) is 2.19. The van der Waals surface area contributed by atoms with Gasteiger partial charge in [0.15, 0.2) is 0 Å². The first kappa shape index (κ1) is 20.3. The highest BCUT2D eigenvalue weighted by molar-refractivity contribution is 5.95. The number of halogens is 3. The molecular weight excluding hydrogens is 363 g/mol. The van der Waals surface area contributed by atoms with Gasteiger partial charge in [-0.25, -0.2) is 0 Å². The van der Waals surface area contributed by atoms with Gasteiger partial charge in [-0.1, -0.05) is 12.1 Å². The molecular formula is C19H18F3NO4. The van der Waals surface area contributed by atoms with E-state index in [9.17, 15) is 22.8 Å². The number of alkyl halides is 3. The van der Waals surface area contributed by atoms with Crippen molar-refractivity contribution in [2.75, 3.05) is 20.3 Å². The standard InChI is InChI=1S/C19H18F3NO4/c1-26-16-8-2-13(3-9-16)10-11-27-17(24)12-23-18(25)14-4-6-15(7-5-14)19(20,21)22/h2-9H,10-12H2,1H3,(H,23,25). The monoisotopic (exact) mass is 381 g/mol. The molecule has 0 saturated heterocycles. The predicted molar refractivity (Wildman–Crippen MR) is 91.4 cm³/mol. The summed E-state index contributed by atoms with van der Waals surface area (Å²) in [5, 5.41) is 2.31. The number of methoxy groups -OCH3 is 1. The molecule has 0 radical (unpaired) electrons. The lowest BCUT2D eigenvalue weighted by molar-refractivity contribution is -0.142. The Labute approximate surface area is 154 Å². The molecule has 0 atom stereocenters. The Morgan fingerprint density at radius 1 is 1.00 bits per heavy atom. The summed E-state index contributed by atoms with van der Waals surface area (Å²) in [5.41, 5.74) is 0.128. The molecule has 0 unspecified atom stereocenters. The molecule has 0 heterocycles.